The molecule has 1 rings (SSSR count). The summed E-state index contributed by atoms with van der Waals surface area (Å²) in [5.74, 6) is 0.133. The van der Waals surface area contributed by atoms with Gasteiger partial charge < -0.3 is 10.4 Å². The Morgan fingerprint density at radius 3 is 2.64 bits per heavy atom. The van der Waals surface area contributed by atoms with Gasteiger partial charge in [-0.3, -0.25) is 4.79 Å². The quantitative estimate of drug-likeness (QED) is 0.610. The van der Waals surface area contributed by atoms with Crippen molar-refractivity contribution in [2.24, 2.45) is 5.41 Å². The van der Waals surface area contributed by atoms with Crippen molar-refractivity contribution in [1.82, 2.24) is 5.32 Å². The summed E-state index contributed by atoms with van der Waals surface area (Å²) in [5, 5.41) is 11.9. The second-order valence-corrected chi connectivity index (χ2v) is 4.32. The van der Waals surface area contributed by atoms with E-state index in [0.717, 1.165) is 25.8 Å². The highest BCUT2D eigenvalue weighted by molar-refractivity contribution is 5.75. The number of carbonyl (C=O) groups is 1. The lowest BCUT2D eigenvalue weighted by Gasteiger charge is -2.10. The van der Waals surface area contributed by atoms with Gasteiger partial charge in [0, 0.05) is 19.6 Å². The predicted octanol–water partition coefficient (Wildman–Crippen LogP) is 1.46. The molecule has 3 heteroatoms. The Bertz CT molecular complexity index is 188. The van der Waals surface area contributed by atoms with Gasteiger partial charge in [0.15, 0.2) is 0 Å². The first kappa shape index (κ1) is 11.5. The molecule has 0 bridgehead atoms. The highest BCUT2D eigenvalue weighted by atomic mass is 16.3. The number of aliphatic hydroxyl groups is 1. The van der Waals surface area contributed by atoms with Gasteiger partial charge in [-0.25, -0.2) is 0 Å². The molecule has 0 aromatic heterocycles. The molecule has 1 fully saturated rings. The van der Waals surface area contributed by atoms with Crippen LogP contribution in [0.5, 0.6) is 0 Å². The Labute approximate surface area is 85.9 Å². The van der Waals surface area contributed by atoms with Crippen LogP contribution in [0.4, 0.5) is 0 Å². The molecule has 2 N–H and O–H groups in total. The number of rotatable bonds is 7. The maximum atomic E-state index is 10.9. The number of hydrogen-bond donors (Lipinski definition) is 2. The lowest BCUT2D eigenvalue weighted by atomic mass is 10.0. The number of aliphatic hydroxyl groups excluding tert-OH is 1. The summed E-state index contributed by atoms with van der Waals surface area (Å²) in [6.45, 7) is 2.99. The Hall–Kier alpha value is -0.570. The molecule has 14 heavy (non-hydrogen) atoms. The smallest absolute Gasteiger partial charge is 0.219 e. The molecule has 0 spiro atoms. The van der Waals surface area contributed by atoms with Crippen LogP contribution in [0.2, 0.25) is 0 Å². The van der Waals surface area contributed by atoms with E-state index >= 15 is 0 Å². The number of hydrogen-bond acceptors (Lipinski definition) is 2. The minimum Gasteiger partial charge on any atom is -0.396 e. The van der Waals surface area contributed by atoms with Crippen LogP contribution in [0.25, 0.3) is 0 Å². The first-order valence-corrected chi connectivity index (χ1v) is 5.60. The zero-order valence-corrected chi connectivity index (χ0v) is 9.01. The van der Waals surface area contributed by atoms with Crippen molar-refractivity contribution in [2.75, 3.05) is 13.2 Å². The average molecular weight is 199 g/mol. The van der Waals surface area contributed by atoms with E-state index in [1.54, 1.807) is 0 Å². The van der Waals surface area contributed by atoms with Crippen molar-refractivity contribution in [1.29, 1.82) is 0 Å². The van der Waals surface area contributed by atoms with E-state index in [9.17, 15) is 4.79 Å². The monoisotopic (exact) mass is 199 g/mol. The normalized spacial score (nSPS) is 17.9. The van der Waals surface area contributed by atoms with Crippen LogP contribution in [0.1, 0.15) is 45.4 Å². The summed E-state index contributed by atoms with van der Waals surface area (Å²) >= 11 is 0. The molecule has 1 aliphatic carbocycles. The molecule has 82 valence electrons. The summed E-state index contributed by atoms with van der Waals surface area (Å²) in [7, 11) is 0. The van der Waals surface area contributed by atoms with Crippen LogP contribution in [0.15, 0.2) is 0 Å². The zero-order valence-electron chi connectivity index (χ0n) is 9.01. The van der Waals surface area contributed by atoms with Gasteiger partial charge in [0.2, 0.25) is 5.91 Å². The molecule has 0 aliphatic heterocycles. The molecule has 0 aromatic carbocycles. The molecule has 0 heterocycles. The van der Waals surface area contributed by atoms with E-state index in [4.69, 9.17) is 5.11 Å². The van der Waals surface area contributed by atoms with Crippen LogP contribution in [0.3, 0.4) is 0 Å². The number of carbonyl (C=O) groups excluding carboxylic acids is 1. The highest BCUT2D eigenvalue weighted by Gasteiger charge is 2.40. The third-order valence-corrected chi connectivity index (χ3v) is 3.07. The minimum absolute atomic E-state index is 0.133. The molecular formula is C11H21NO2. The van der Waals surface area contributed by atoms with Gasteiger partial charge >= 0.3 is 0 Å². The topological polar surface area (TPSA) is 49.3 Å². The minimum atomic E-state index is 0.133. The second-order valence-electron chi connectivity index (χ2n) is 4.32. The van der Waals surface area contributed by atoms with E-state index in [2.05, 4.69) is 5.32 Å². The Morgan fingerprint density at radius 1 is 1.43 bits per heavy atom. The molecule has 0 unspecified atom stereocenters. The fraction of sp³-hybridized carbons (Fsp3) is 0.909. The van der Waals surface area contributed by atoms with Crippen molar-refractivity contribution < 1.29 is 9.90 Å². The number of unbranched alkanes of at least 4 members (excludes halogenated alkanes) is 1. The lowest BCUT2D eigenvalue weighted by molar-refractivity contribution is -0.120. The van der Waals surface area contributed by atoms with Crippen LogP contribution in [-0.2, 0) is 4.79 Å². The Balaban J connectivity index is 1.92. The standard InChI is InChI=1S/C11H21NO2/c1-2-10(14)12-8-4-3-5-11(9-13)6-7-11/h13H,2-9H2,1H3,(H,12,14). The molecule has 0 aromatic rings. The Morgan fingerprint density at radius 2 is 2.14 bits per heavy atom. The fourth-order valence-electron chi connectivity index (χ4n) is 1.64. The zero-order chi connectivity index (χ0) is 10.4. The van der Waals surface area contributed by atoms with Crippen molar-refractivity contribution in [3.63, 3.8) is 0 Å². The Kier molecular flexibility index (Phi) is 4.39. The second kappa shape index (κ2) is 5.35. The third-order valence-electron chi connectivity index (χ3n) is 3.07. The van der Waals surface area contributed by atoms with E-state index < -0.39 is 0 Å². The molecule has 0 saturated heterocycles. The van der Waals surface area contributed by atoms with Gasteiger partial charge in [0.05, 0.1) is 0 Å². The van der Waals surface area contributed by atoms with Gasteiger partial charge in [-0.05, 0) is 31.1 Å². The number of nitrogens with one attached hydrogen (secondary N) is 1. The first-order valence-electron chi connectivity index (χ1n) is 5.60. The summed E-state index contributed by atoms with van der Waals surface area (Å²) in [6.07, 6.45) is 6.21. The third kappa shape index (κ3) is 3.66. The predicted molar refractivity (Wildman–Crippen MR) is 55.9 cm³/mol. The molecule has 1 amide bonds. The average Bonchev–Trinajstić information content (AvgIpc) is 2.98. The molecule has 3 nitrogen and oxygen atoms in total. The lowest BCUT2D eigenvalue weighted by Crippen LogP contribution is -2.23. The van der Waals surface area contributed by atoms with Crippen LogP contribution < -0.4 is 5.32 Å². The van der Waals surface area contributed by atoms with Gasteiger partial charge in [0.1, 0.15) is 0 Å². The van der Waals surface area contributed by atoms with Crippen LogP contribution in [-0.4, -0.2) is 24.2 Å². The van der Waals surface area contributed by atoms with Gasteiger partial charge in [-0.1, -0.05) is 13.3 Å². The molecule has 0 atom stereocenters. The molecule has 1 saturated carbocycles. The molecule has 1 aliphatic rings. The van der Waals surface area contributed by atoms with Gasteiger partial charge in [0.25, 0.3) is 0 Å². The van der Waals surface area contributed by atoms with Crippen molar-refractivity contribution in [3.8, 4) is 0 Å². The summed E-state index contributed by atoms with van der Waals surface area (Å²) in [6, 6.07) is 0. The van der Waals surface area contributed by atoms with Gasteiger partial charge in [-0.15, -0.1) is 0 Å². The van der Waals surface area contributed by atoms with E-state index in [-0.39, 0.29) is 11.3 Å². The van der Waals surface area contributed by atoms with Crippen molar-refractivity contribution in [2.45, 2.75) is 45.4 Å². The van der Waals surface area contributed by atoms with Crippen LogP contribution >= 0.6 is 0 Å². The number of amides is 1. The largest absolute Gasteiger partial charge is 0.396 e. The van der Waals surface area contributed by atoms with E-state index in [1.807, 2.05) is 6.92 Å². The summed E-state index contributed by atoms with van der Waals surface area (Å²) in [5.41, 5.74) is 0.273. The summed E-state index contributed by atoms with van der Waals surface area (Å²) < 4.78 is 0. The molecular weight excluding hydrogens is 178 g/mol. The van der Waals surface area contributed by atoms with Crippen LogP contribution in [0, 0.1) is 5.41 Å². The van der Waals surface area contributed by atoms with E-state index in [1.165, 1.54) is 12.8 Å². The SMILES string of the molecule is CCC(=O)NCCCCC1(CO)CC1. The first-order chi connectivity index (χ1) is 6.72. The maximum absolute atomic E-state index is 10.9. The van der Waals surface area contributed by atoms with E-state index in [0.29, 0.717) is 13.0 Å². The van der Waals surface area contributed by atoms with Gasteiger partial charge in [-0.2, -0.15) is 0 Å². The fourth-order valence-corrected chi connectivity index (χ4v) is 1.64. The highest BCUT2D eigenvalue weighted by Crippen LogP contribution is 2.49. The molecule has 0 radical (unpaired) electrons. The van der Waals surface area contributed by atoms with Crippen molar-refractivity contribution >= 4 is 5.91 Å². The van der Waals surface area contributed by atoms with Crippen molar-refractivity contribution in [3.05, 3.63) is 0 Å². The maximum Gasteiger partial charge on any atom is 0.219 e. The summed E-state index contributed by atoms with van der Waals surface area (Å²) in [4.78, 5) is 10.9.